The predicted octanol–water partition coefficient (Wildman–Crippen LogP) is 0.593. The number of hydrogen-bond donors (Lipinski definition) is 2. The van der Waals surface area contributed by atoms with E-state index in [-0.39, 0.29) is 16.0 Å². The van der Waals surface area contributed by atoms with Crippen LogP contribution in [0.5, 0.6) is 0 Å². The monoisotopic (exact) mass is 306 g/mol. The van der Waals surface area contributed by atoms with Gasteiger partial charge in [-0.05, 0) is 23.2 Å². The molecule has 18 heavy (non-hydrogen) atoms. The minimum Gasteiger partial charge on any atom is -0.423 e. The number of aromatic nitrogens is 4. The number of hydrogen-bond acceptors (Lipinski definition) is 6. The third-order valence-electron chi connectivity index (χ3n) is 1.53. The average molecular weight is 307 g/mol. The zero-order valence-corrected chi connectivity index (χ0v) is 11.0. The van der Waals surface area contributed by atoms with E-state index in [1.54, 1.807) is 0 Å². The zero-order valence-electron chi connectivity index (χ0n) is 8.70. The van der Waals surface area contributed by atoms with Crippen LogP contribution in [0, 0.1) is 0 Å². The van der Waals surface area contributed by atoms with Crippen molar-refractivity contribution in [2.45, 2.75) is 0 Å². The summed E-state index contributed by atoms with van der Waals surface area (Å²) in [4.78, 5) is 14.3. The van der Waals surface area contributed by atoms with E-state index in [9.17, 15) is 0 Å². The maximum Gasteiger partial charge on any atom is 0.491 e. The Morgan fingerprint density at radius 2 is 1.17 bits per heavy atom. The minimum absolute atomic E-state index is 0.0874. The Hall–Kier alpha value is -0.985. The van der Waals surface area contributed by atoms with Crippen LogP contribution < -0.4 is 5.46 Å². The van der Waals surface area contributed by atoms with Crippen LogP contribution in [-0.2, 0) is 0 Å². The van der Waals surface area contributed by atoms with E-state index >= 15 is 0 Å². The zero-order chi connectivity index (χ0) is 13.5. The minimum atomic E-state index is -1.53. The third kappa shape index (κ3) is 5.57. The summed E-state index contributed by atoms with van der Waals surface area (Å²) in [5.41, 5.74) is 0.226. The number of halogens is 3. The maximum absolute atomic E-state index is 8.55. The fourth-order valence-electron chi connectivity index (χ4n) is 0.752. The third-order valence-corrected chi connectivity index (χ3v) is 2.11. The van der Waals surface area contributed by atoms with Crippen LogP contribution in [0.3, 0.4) is 0 Å². The predicted molar refractivity (Wildman–Crippen MR) is 68.9 cm³/mol. The lowest BCUT2D eigenvalue weighted by molar-refractivity contribution is 0.425. The Balaban J connectivity index is 0.000000184. The van der Waals surface area contributed by atoms with Crippen molar-refractivity contribution in [2.24, 2.45) is 0 Å². The highest BCUT2D eigenvalue weighted by Crippen LogP contribution is 2.04. The molecule has 0 saturated carbocycles. The van der Waals surface area contributed by atoms with Crippen molar-refractivity contribution in [1.82, 2.24) is 19.9 Å². The Morgan fingerprint density at radius 3 is 1.50 bits per heavy atom. The first-order valence-corrected chi connectivity index (χ1v) is 5.59. The van der Waals surface area contributed by atoms with Gasteiger partial charge in [-0.25, -0.2) is 19.9 Å². The first kappa shape index (κ1) is 15.1. The molecule has 0 bridgehead atoms. The van der Waals surface area contributed by atoms with E-state index in [1.807, 2.05) is 0 Å². The molecule has 2 N–H and O–H groups in total. The van der Waals surface area contributed by atoms with E-state index < -0.39 is 7.12 Å². The molecule has 0 radical (unpaired) electrons. The summed E-state index contributed by atoms with van der Waals surface area (Å²) >= 11 is 16.1. The molecule has 2 aromatic heterocycles. The second-order valence-electron chi connectivity index (χ2n) is 2.83. The van der Waals surface area contributed by atoms with Crippen molar-refractivity contribution in [3.8, 4) is 0 Å². The van der Waals surface area contributed by atoms with E-state index in [2.05, 4.69) is 19.9 Å². The summed E-state index contributed by atoms with van der Waals surface area (Å²) in [5.74, 6) is 0. The standard InChI is InChI=1S/C4H4BClN2O2.C4H2Cl2N2/c6-4-7-1-3(2-8-4)5(9)10;5-3-1-7-4(6)8-2-3/h1-2,9-10H;1-2H. The van der Waals surface area contributed by atoms with Gasteiger partial charge in [0, 0.05) is 17.9 Å². The molecule has 94 valence electrons. The lowest BCUT2D eigenvalue weighted by atomic mass is 9.83. The van der Waals surface area contributed by atoms with Crippen LogP contribution in [0.2, 0.25) is 15.6 Å². The van der Waals surface area contributed by atoms with Gasteiger partial charge in [0.1, 0.15) is 0 Å². The molecule has 0 spiro atoms. The van der Waals surface area contributed by atoms with Crippen LogP contribution in [0.25, 0.3) is 0 Å². The number of nitrogens with zero attached hydrogens (tertiary/aromatic N) is 4. The SMILES string of the molecule is Clc1cnc(Cl)nc1.OB(O)c1cnc(Cl)nc1. The number of rotatable bonds is 1. The molecule has 0 saturated heterocycles. The Kier molecular flexibility index (Phi) is 6.24. The van der Waals surface area contributed by atoms with Crippen LogP contribution in [0.15, 0.2) is 24.8 Å². The fourth-order valence-corrected chi connectivity index (χ4v) is 1.04. The van der Waals surface area contributed by atoms with Gasteiger partial charge in [-0.3, -0.25) is 0 Å². The van der Waals surface area contributed by atoms with Crippen LogP contribution >= 0.6 is 34.8 Å². The smallest absolute Gasteiger partial charge is 0.423 e. The Bertz CT molecular complexity index is 462. The second kappa shape index (κ2) is 7.45. The molecule has 0 fully saturated rings. The summed E-state index contributed by atoms with van der Waals surface area (Å²) < 4.78 is 0. The molecule has 2 aromatic rings. The fraction of sp³-hybridized carbons (Fsp3) is 0. The van der Waals surface area contributed by atoms with Crippen molar-refractivity contribution in [2.75, 3.05) is 0 Å². The van der Waals surface area contributed by atoms with E-state index in [0.717, 1.165) is 0 Å². The molecule has 2 rings (SSSR count). The van der Waals surface area contributed by atoms with Gasteiger partial charge >= 0.3 is 7.12 Å². The molecular formula is C8H6BCl3N4O2. The molecule has 0 atom stereocenters. The molecule has 2 heterocycles. The molecule has 10 heteroatoms. The van der Waals surface area contributed by atoms with E-state index in [4.69, 9.17) is 44.9 Å². The van der Waals surface area contributed by atoms with Crippen molar-refractivity contribution in [3.63, 3.8) is 0 Å². The highest BCUT2D eigenvalue weighted by Gasteiger charge is 2.10. The van der Waals surface area contributed by atoms with Gasteiger partial charge in [0.05, 0.1) is 17.4 Å². The molecule has 0 amide bonds. The largest absolute Gasteiger partial charge is 0.491 e. The lowest BCUT2D eigenvalue weighted by Crippen LogP contribution is -2.30. The van der Waals surface area contributed by atoms with Crippen molar-refractivity contribution in [3.05, 3.63) is 40.4 Å². The first-order chi connectivity index (χ1) is 8.49. The first-order valence-electron chi connectivity index (χ1n) is 4.45. The second-order valence-corrected chi connectivity index (χ2v) is 3.94. The summed E-state index contributed by atoms with van der Waals surface area (Å²) in [7, 11) is -1.53. The summed E-state index contributed by atoms with van der Waals surface area (Å²) in [6.07, 6.45) is 5.38. The van der Waals surface area contributed by atoms with Gasteiger partial charge < -0.3 is 10.0 Å². The molecular weight excluding hydrogens is 301 g/mol. The molecule has 0 aliphatic carbocycles. The van der Waals surface area contributed by atoms with Gasteiger partial charge in [0.2, 0.25) is 10.6 Å². The topological polar surface area (TPSA) is 92.0 Å². The molecule has 0 aliphatic heterocycles. The Labute approximate surface area is 118 Å². The molecule has 0 aromatic carbocycles. The van der Waals surface area contributed by atoms with Crippen LogP contribution in [-0.4, -0.2) is 37.1 Å². The maximum atomic E-state index is 8.55. The summed E-state index contributed by atoms with van der Waals surface area (Å²) in [5, 5.41) is 17.9. The van der Waals surface area contributed by atoms with Crippen molar-refractivity contribution >= 4 is 47.4 Å². The highest BCUT2D eigenvalue weighted by atomic mass is 35.5. The normalized spacial score (nSPS) is 9.39. The average Bonchev–Trinajstić information content (AvgIpc) is 2.34. The van der Waals surface area contributed by atoms with Crippen LogP contribution in [0.1, 0.15) is 0 Å². The highest BCUT2D eigenvalue weighted by molar-refractivity contribution is 6.58. The van der Waals surface area contributed by atoms with Gasteiger partial charge in [-0.1, -0.05) is 11.6 Å². The van der Waals surface area contributed by atoms with Gasteiger partial charge in [0.25, 0.3) is 0 Å². The van der Waals surface area contributed by atoms with Crippen molar-refractivity contribution in [1.29, 1.82) is 0 Å². The molecule has 0 unspecified atom stereocenters. The van der Waals surface area contributed by atoms with Gasteiger partial charge in [-0.15, -0.1) is 0 Å². The summed E-state index contributed by atoms with van der Waals surface area (Å²) in [6.45, 7) is 0. The Morgan fingerprint density at radius 1 is 0.778 bits per heavy atom. The quantitative estimate of drug-likeness (QED) is 0.592. The summed E-state index contributed by atoms with van der Waals surface area (Å²) in [6, 6.07) is 0. The van der Waals surface area contributed by atoms with E-state index in [1.165, 1.54) is 24.8 Å². The molecule has 6 nitrogen and oxygen atoms in total. The van der Waals surface area contributed by atoms with Gasteiger partial charge in [-0.2, -0.15) is 0 Å². The van der Waals surface area contributed by atoms with E-state index in [0.29, 0.717) is 5.02 Å². The van der Waals surface area contributed by atoms with Gasteiger partial charge in [0.15, 0.2) is 0 Å². The van der Waals surface area contributed by atoms with Crippen LogP contribution in [0.4, 0.5) is 0 Å². The van der Waals surface area contributed by atoms with Crippen molar-refractivity contribution < 1.29 is 10.0 Å². The lowest BCUT2D eigenvalue weighted by Gasteiger charge is -1.94. The molecule has 0 aliphatic rings.